The van der Waals surface area contributed by atoms with Gasteiger partial charge in [-0.15, -0.1) is 11.6 Å². The molecule has 0 bridgehead atoms. The molecule has 0 saturated carbocycles. The number of carbonyl (C=O) groups excluding carboxylic acids is 1. The van der Waals surface area contributed by atoms with Crippen molar-refractivity contribution in [2.75, 3.05) is 28.4 Å². The number of carboxylic acids is 1. The van der Waals surface area contributed by atoms with E-state index in [9.17, 15) is 14.4 Å². The van der Waals surface area contributed by atoms with E-state index >= 15 is 0 Å². The average molecular weight is 603 g/mol. The van der Waals surface area contributed by atoms with Crippen LogP contribution in [-0.2, 0) is 17.2 Å². The predicted molar refractivity (Wildman–Crippen MR) is 153 cm³/mol. The zero-order valence-electron chi connectivity index (χ0n) is 23.3. The first-order valence-corrected chi connectivity index (χ1v) is 12.4. The van der Waals surface area contributed by atoms with Gasteiger partial charge >= 0.3 is 11.9 Å². The topological polar surface area (TPSA) is 183 Å². The molecule has 42 heavy (non-hydrogen) atoms. The number of aromatic carboxylic acids is 1. The molecule has 4 heterocycles. The minimum absolute atomic E-state index is 0.0307. The Hall–Kier alpha value is -5.01. The van der Waals surface area contributed by atoms with Crippen molar-refractivity contribution in [3.63, 3.8) is 0 Å². The molecular weight excluding hydrogens is 572 g/mol. The number of ether oxygens (including phenoxy) is 4. The first-order chi connectivity index (χ1) is 20.3. The van der Waals surface area contributed by atoms with Crippen LogP contribution in [0.25, 0.3) is 0 Å². The normalized spacial score (nSPS) is 9.29. The lowest BCUT2D eigenvalue weighted by Gasteiger charge is -2.03. The number of halogens is 1. The fourth-order valence-corrected chi connectivity index (χ4v) is 3.04. The van der Waals surface area contributed by atoms with Crippen LogP contribution in [0.2, 0.25) is 0 Å². The van der Waals surface area contributed by atoms with Crippen LogP contribution in [0.4, 0.5) is 0 Å². The molecule has 0 unspecified atom stereocenters. The molecular formula is C28H31ClN4O9. The summed E-state index contributed by atoms with van der Waals surface area (Å²) in [6.07, 6.45) is 6.23. The van der Waals surface area contributed by atoms with Crippen LogP contribution in [0.1, 0.15) is 31.8 Å². The standard InChI is InChI=1S/C8H9NO3.C7H7NO3.C7H9NO2.C6H6ClNO/c1-11-7-6(8(10)12-2)4-3-5-9-7;1-11-6-5(7(9)10)3-2-4-8-6;1-10-7-6(5-9)3-2-4-8-7;7-4-5-2-1-3-8-6(5)9/h3-5H,1-2H3;2-4H,1H3,(H,9,10);2-4,9H,5H2,1H3;1-3H,4H2,(H,8,9). The summed E-state index contributed by atoms with van der Waals surface area (Å²) in [5.74, 6) is -0.292. The third-order valence-corrected chi connectivity index (χ3v) is 5.11. The van der Waals surface area contributed by atoms with E-state index in [1.54, 1.807) is 61.1 Å². The number of aliphatic hydroxyl groups excluding tert-OH is 1. The summed E-state index contributed by atoms with van der Waals surface area (Å²) in [6.45, 7) is -0.0307. The van der Waals surface area contributed by atoms with Crippen molar-refractivity contribution < 1.29 is 38.7 Å². The van der Waals surface area contributed by atoms with E-state index in [2.05, 4.69) is 24.7 Å². The number of nitrogens with zero attached hydrogens (tertiary/aromatic N) is 3. The zero-order valence-corrected chi connectivity index (χ0v) is 24.1. The average Bonchev–Trinajstić information content (AvgIpc) is 3.05. The van der Waals surface area contributed by atoms with Gasteiger partial charge in [0.1, 0.15) is 11.1 Å². The van der Waals surface area contributed by atoms with E-state index in [0.717, 1.165) is 0 Å². The summed E-state index contributed by atoms with van der Waals surface area (Å²) in [5, 5.41) is 17.3. The van der Waals surface area contributed by atoms with Gasteiger partial charge in [-0.25, -0.2) is 24.5 Å². The molecule has 4 aromatic heterocycles. The fraction of sp³-hybridized carbons (Fsp3) is 0.214. The van der Waals surface area contributed by atoms with Crippen molar-refractivity contribution >= 4 is 23.5 Å². The molecule has 0 aromatic carbocycles. The molecule has 0 aliphatic carbocycles. The number of hydrogen-bond donors (Lipinski definition) is 3. The smallest absolute Gasteiger partial charge is 0.343 e. The Morgan fingerprint density at radius 3 is 1.69 bits per heavy atom. The molecule has 14 heteroatoms. The number of alkyl halides is 1. The second-order valence-electron chi connectivity index (χ2n) is 7.41. The highest BCUT2D eigenvalue weighted by Gasteiger charge is 2.12. The Labute approximate surface area is 246 Å². The Morgan fingerprint density at radius 1 is 0.786 bits per heavy atom. The molecule has 13 nitrogen and oxygen atoms in total. The number of aliphatic hydroxyl groups is 1. The molecule has 224 valence electrons. The number of rotatable bonds is 7. The monoisotopic (exact) mass is 602 g/mol. The van der Waals surface area contributed by atoms with Gasteiger partial charge in [-0.2, -0.15) is 0 Å². The number of esters is 1. The molecule has 3 N–H and O–H groups in total. The molecule has 0 amide bonds. The highest BCUT2D eigenvalue weighted by Crippen LogP contribution is 2.14. The second kappa shape index (κ2) is 20.0. The maximum absolute atomic E-state index is 11.1. The van der Waals surface area contributed by atoms with Gasteiger partial charge in [-0.3, -0.25) is 4.79 Å². The molecule has 0 spiro atoms. The summed E-state index contributed by atoms with van der Waals surface area (Å²) in [6, 6.07) is 13.2. The summed E-state index contributed by atoms with van der Waals surface area (Å²) in [4.78, 5) is 46.2. The van der Waals surface area contributed by atoms with Crippen LogP contribution in [-0.4, -0.2) is 70.5 Å². The quantitative estimate of drug-likeness (QED) is 0.207. The summed E-state index contributed by atoms with van der Waals surface area (Å²) in [7, 11) is 5.68. The number of aromatic nitrogens is 4. The van der Waals surface area contributed by atoms with Gasteiger partial charge < -0.3 is 34.1 Å². The van der Waals surface area contributed by atoms with Gasteiger partial charge in [0, 0.05) is 35.9 Å². The van der Waals surface area contributed by atoms with Crippen LogP contribution in [0.3, 0.4) is 0 Å². The van der Waals surface area contributed by atoms with E-state index in [1.165, 1.54) is 40.7 Å². The van der Waals surface area contributed by atoms with Crippen LogP contribution in [0, 0.1) is 0 Å². The number of carbonyl (C=O) groups is 2. The number of H-pyrrole nitrogens is 1. The molecule has 0 radical (unpaired) electrons. The first-order valence-electron chi connectivity index (χ1n) is 11.9. The van der Waals surface area contributed by atoms with Crippen LogP contribution in [0.15, 0.2) is 78.1 Å². The van der Waals surface area contributed by atoms with Crippen molar-refractivity contribution in [3.8, 4) is 17.6 Å². The number of hydrogen-bond acceptors (Lipinski definition) is 11. The molecule has 0 saturated heterocycles. The molecule has 0 aliphatic rings. The number of pyridine rings is 4. The van der Waals surface area contributed by atoms with Crippen molar-refractivity contribution in [1.29, 1.82) is 0 Å². The molecule has 4 rings (SSSR count). The number of aromatic amines is 1. The van der Waals surface area contributed by atoms with E-state index in [1.807, 2.05) is 0 Å². The van der Waals surface area contributed by atoms with Gasteiger partial charge in [0.2, 0.25) is 17.6 Å². The molecule has 0 aliphatic heterocycles. The van der Waals surface area contributed by atoms with E-state index in [-0.39, 0.29) is 35.4 Å². The summed E-state index contributed by atoms with van der Waals surface area (Å²) in [5.41, 5.74) is 1.63. The third-order valence-electron chi connectivity index (χ3n) is 4.82. The lowest BCUT2D eigenvalue weighted by atomic mass is 10.3. The maximum atomic E-state index is 11.1. The highest BCUT2D eigenvalue weighted by atomic mass is 35.5. The molecule has 0 fully saturated rings. The minimum atomic E-state index is -1.03. The van der Waals surface area contributed by atoms with E-state index in [0.29, 0.717) is 22.6 Å². The third kappa shape index (κ3) is 11.6. The van der Waals surface area contributed by atoms with Crippen molar-refractivity contribution in [2.45, 2.75) is 12.5 Å². The van der Waals surface area contributed by atoms with Gasteiger partial charge in [0.05, 0.1) is 40.9 Å². The van der Waals surface area contributed by atoms with Crippen molar-refractivity contribution in [1.82, 2.24) is 19.9 Å². The lowest BCUT2D eigenvalue weighted by Crippen LogP contribution is -2.08. The SMILES string of the molecule is COC(=O)c1cccnc1OC.COc1ncccc1C(=O)O.COc1ncccc1CO.O=c1[nH]cccc1CCl. The Bertz CT molecular complexity index is 1430. The number of carboxylic acid groups (broad SMARTS) is 1. The summed E-state index contributed by atoms with van der Waals surface area (Å²) < 4.78 is 19.0. The maximum Gasteiger partial charge on any atom is 0.343 e. The van der Waals surface area contributed by atoms with E-state index < -0.39 is 11.9 Å². The van der Waals surface area contributed by atoms with Crippen LogP contribution in [0.5, 0.6) is 17.6 Å². The Balaban J connectivity index is 0.000000281. The Kier molecular flexibility index (Phi) is 16.6. The van der Waals surface area contributed by atoms with E-state index in [4.69, 9.17) is 36.0 Å². The lowest BCUT2D eigenvalue weighted by molar-refractivity contribution is 0.0595. The van der Waals surface area contributed by atoms with Gasteiger partial charge in [-0.1, -0.05) is 6.07 Å². The van der Waals surface area contributed by atoms with Crippen LogP contribution >= 0.6 is 11.6 Å². The largest absolute Gasteiger partial charge is 0.481 e. The highest BCUT2D eigenvalue weighted by molar-refractivity contribution is 6.17. The van der Waals surface area contributed by atoms with Gasteiger partial charge in [0.25, 0.3) is 5.56 Å². The zero-order chi connectivity index (χ0) is 31.3. The number of nitrogens with one attached hydrogen (secondary N) is 1. The molecule has 4 aromatic rings. The second-order valence-corrected chi connectivity index (χ2v) is 7.67. The van der Waals surface area contributed by atoms with Gasteiger partial charge in [0.15, 0.2) is 0 Å². The first kappa shape index (κ1) is 35.0. The fourth-order valence-electron chi connectivity index (χ4n) is 2.82. The summed E-state index contributed by atoms with van der Waals surface area (Å²) >= 11 is 5.41. The Morgan fingerprint density at radius 2 is 1.29 bits per heavy atom. The van der Waals surface area contributed by atoms with Crippen LogP contribution < -0.4 is 19.8 Å². The minimum Gasteiger partial charge on any atom is -0.481 e. The number of methoxy groups -OCH3 is 4. The molecule has 0 atom stereocenters. The van der Waals surface area contributed by atoms with Gasteiger partial charge in [-0.05, 0) is 42.5 Å². The van der Waals surface area contributed by atoms with Crippen molar-refractivity contribution in [3.05, 3.63) is 106 Å². The van der Waals surface area contributed by atoms with Crippen molar-refractivity contribution in [2.24, 2.45) is 0 Å². The predicted octanol–water partition coefficient (Wildman–Crippen LogP) is 3.36.